The molecule has 0 radical (unpaired) electrons. The van der Waals surface area contributed by atoms with Gasteiger partial charge in [-0.2, -0.15) is 0 Å². The first-order chi connectivity index (χ1) is 16.5. The van der Waals surface area contributed by atoms with Gasteiger partial charge in [-0.3, -0.25) is 14.4 Å². The molecule has 0 aromatic heterocycles. The molecule has 3 aromatic rings. The van der Waals surface area contributed by atoms with Crippen molar-refractivity contribution >= 4 is 17.8 Å². The van der Waals surface area contributed by atoms with E-state index in [1.54, 1.807) is 55.5 Å². The van der Waals surface area contributed by atoms with Gasteiger partial charge in [-0.1, -0.05) is 66.7 Å². The van der Waals surface area contributed by atoms with Gasteiger partial charge in [0.2, 0.25) is 0 Å². The number of esters is 1. The van der Waals surface area contributed by atoms with E-state index in [4.69, 9.17) is 4.74 Å². The predicted octanol–water partition coefficient (Wildman–Crippen LogP) is 4.03. The molecular formula is C28H30N2O4. The van der Waals surface area contributed by atoms with Crippen LogP contribution in [0.2, 0.25) is 0 Å². The van der Waals surface area contributed by atoms with E-state index >= 15 is 0 Å². The molecule has 0 spiro atoms. The molecule has 3 aromatic carbocycles. The third kappa shape index (κ3) is 6.78. The molecule has 0 aliphatic carbocycles. The highest BCUT2D eigenvalue weighted by molar-refractivity contribution is 5.95. The molecule has 6 nitrogen and oxygen atoms in total. The Kier molecular flexibility index (Phi) is 8.97. The molecule has 0 unspecified atom stereocenters. The number of hydrogen-bond donors (Lipinski definition) is 2. The molecule has 2 amide bonds. The first-order valence-electron chi connectivity index (χ1n) is 11.3. The van der Waals surface area contributed by atoms with Crippen LogP contribution in [0.1, 0.15) is 39.6 Å². The van der Waals surface area contributed by atoms with Crippen LogP contribution in [-0.2, 0) is 16.0 Å². The maximum atomic E-state index is 13.0. The minimum Gasteiger partial charge on any atom is -0.469 e. The van der Waals surface area contributed by atoms with Gasteiger partial charge in [0.1, 0.15) is 0 Å². The fraction of sp³-hybridized carbons (Fsp3) is 0.250. The van der Waals surface area contributed by atoms with Gasteiger partial charge in [0.05, 0.1) is 13.0 Å². The third-order valence-corrected chi connectivity index (χ3v) is 5.78. The molecule has 0 aliphatic heterocycles. The summed E-state index contributed by atoms with van der Waals surface area (Å²) in [5, 5.41) is 5.93. The lowest BCUT2D eigenvalue weighted by Crippen LogP contribution is -2.53. The van der Waals surface area contributed by atoms with Gasteiger partial charge >= 0.3 is 5.97 Å². The molecular weight excluding hydrogens is 428 g/mol. The number of methoxy groups -OCH3 is 1. The van der Waals surface area contributed by atoms with E-state index in [-0.39, 0.29) is 11.8 Å². The molecule has 2 N–H and O–H groups in total. The average Bonchev–Trinajstić information content (AvgIpc) is 2.88. The Morgan fingerprint density at radius 2 is 1.21 bits per heavy atom. The fourth-order valence-electron chi connectivity index (χ4n) is 3.97. The first-order valence-corrected chi connectivity index (χ1v) is 11.3. The number of carbonyl (C=O) groups excluding carboxylic acids is 3. The highest BCUT2D eigenvalue weighted by Crippen LogP contribution is 2.19. The van der Waals surface area contributed by atoms with Crippen molar-refractivity contribution in [3.05, 3.63) is 108 Å². The number of hydrogen-bond acceptors (Lipinski definition) is 4. The molecule has 34 heavy (non-hydrogen) atoms. The van der Waals surface area contributed by atoms with E-state index in [2.05, 4.69) is 10.6 Å². The fourth-order valence-corrected chi connectivity index (χ4v) is 3.97. The summed E-state index contributed by atoms with van der Waals surface area (Å²) in [6, 6.07) is 26.3. The Balaban J connectivity index is 1.84. The summed E-state index contributed by atoms with van der Waals surface area (Å²) in [5.74, 6) is -1.85. The Bertz CT molecular complexity index is 1070. The van der Waals surface area contributed by atoms with Crippen molar-refractivity contribution < 1.29 is 19.1 Å². The number of nitrogens with one attached hydrogen (secondary N) is 2. The molecule has 6 heteroatoms. The lowest BCUT2D eigenvalue weighted by atomic mass is 9.87. The summed E-state index contributed by atoms with van der Waals surface area (Å²) in [6.07, 6.45) is 1.14. The van der Waals surface area contributed by atoms with Crippen molar-refractivity contribution in [2.24, 2.45) is 5.92 Å². The maximum absolute atomic E-state index is 13.0. The lowest BCUT2D eigenvalue weighted by Gasteiger charge is -2.31. The predicted molar refractivity (Wildman–Crippen MR) is 131 cm³/mol. The van der Waals surface area contributed by atoms with Crippen LogP contribution in [0.15, 0.2) is 91.0 Å². The number of rotatable bonds is 10. The largest absolute Gasteiger partial charge is 0.469 e. The Hall–Kier alpha value is -3.93. The van der Waals surface area contributed by atoms with Crippen molar-refractivity contribution in [3.8, 4) is 0 Å². The SMILES string of the molecule is COC(=O)[C@@H]([C@H](CCc1ccccc1)NC(=O)c1ccccc1)[C@@H](C)NC(=O)c1ccccc1. The summed E-state index contributed by atoms with van der Waals surface area (Å²) in [6.45, 7) is 1.76. The lowest BCUT2D eigenvalue weighted by molar-refractivity contribution is -0.147. The number of carbonyl (C=O) groups is 3. The summed E-state index contributed by atoms with van der Waals surface area (Å²) < 4.78 is 5.10. The van der Waals surface area contributed by atoms with Gasteiger partial charge < -0.3 is 15.4 Å². The van der Waals surface area contributed by atoms with Crippen LogP contribution in [0.25, 0.3) is 0 Å². The molecule has 0 heterocycles. The van der Waals surface area contributed by atoms with Crippen LogP contribution < -0.4 is 10.6 Å². The molecule has 0 bridgehead atoms. The zero-order chi connectivity index (χ0) is 24.3. The van der Waals surface area contributed by atoms with Crippen LogP contribution in [0, 0.1) is 5.92 Å². The molecule has 176 valence electrons. The quantitative estimate of drug-likeness (QED) is 0.450. The molecule has 0 saturated heterocycles. The third-order valence-electron chi connectivity index (χ3n) is 5.78. The highest BCUT2D eigenvalue weighted by Gasteiger charge is 2.36. The van der Waals surface area contributed by atoms with Gasteiger partial charge in [-0.05, 0) is 49.6 Å². The van der Waals surface area contributed by atoms with Gasteiger partial charge in [0.25, 0.3) is 11.8 Å². The summed E-state index contributed by atoms with van der Waals surface area (Å²) >= 11 is 0. The van der Waals surface area contributed by atoms with Crippen LogP contribution >= 0.6 is 0 Å². The zero-order valence-corrected chi connectivity index (χ0v) is 19.4. The molecule has 3 rings (SSSR count). The van der Waals surface area contributed by atoms with Crippen molar-refractivity contribution in [2.45, 2.75) is 31.8 Å². The minimum absolute atomic E-state index is 0.283. The van der Waals surface area contributed by atoms with Gasteiger partial charge in [0.15, 0.2) is 0 Å². The van der Waals surface area contributed by atoms with Crippen molar-refractivity contribution in [1.82, 2.24) is 10.6 Å². The summed E-state index contributed by atoms with van der Waals surface area (Å²) in [4.78, 5) is 38.7. The summed E-state index contributed by atoms with van der Waals surface area (Å²) in [7, 11) is 1.31. The summed E-state index contributed by atoms with van der Waals surface area (Å²) in [5.41, 5.74) is 2.08. The van der Waals surface area contributed by atoms with Crippen LogP contribution in [0.4, 0.5) is 0 Å². The molecule has 0 fully saturated rings. The number of aryl methyl sites for hydroxylation is 1. The second-order valence-corrected chi connectivity index (χ2v) is 8.15. The molecule has 0 saturated carbocycles. The van der Waals surface area contributed by atoms with E-state index in [1.807, 2.05) is 42.5 Å². The maximum Gasteiger partial charge on any atom is 0.312 e. The van der Waals surface area contributed by atoms with Crippen molar-refractivity contribution in [3.63, 3.8) is 0 Å². The van der Waals surface area contributed by atoms with Crippen LogP contribution in [0.3, 0.4) is 0 Å². The van der Waals surface area contributed by atoms with E-state index in [0.29, 0.717) is 24.0 Å². The Morgan fingerprint density at radius 3 is 1.71 bits per heavy atom. The van der Waals surface area contributed by atoms with E-state index in [1.165, 1.54) is 7.11 Å². The average molecular weight is 459 g/mol. The Labute approximate surface area is 200 Å². The van der Waals surface area contributed by atoms with E-state index in [9.17, 15) is 14.4 Å². The van der Waals surface area contributed by atoms with Crippen LogP contribution in [0.5, 0.6) is 0 Å². The van der Waals surface area contributed by atoms with Crippen LogP contribution in [-0.4, -0.2) is 37.0 Å². The van der Waals surface area contributed by atoms with Crippen molar-refractivity contribution in [1.29, 1.82) is 0 Å². The van der Waals surface area contributed by atoms with Gasteiger partial charge in [-0.15, -0.1) is 0 Å². The zero-order valence-electron chi connectivity index (χ0n) is 19.4. The number of benzene rings is 3. The number of ether oxygens (including phenoxy) is 1. The van der Waals surface area contributed by atoms with Crippen molar-refractivity contribution in [2.75, 3.05) is 7.11 Å². The first kappa shape index (κ1) is 24.7. The standard InChI is InChI=1S/C28H30N2O4/c1-20(29-26(31)22-14-8-4-9-15-22)25(28(33)34-2)24(19-18-21-12-6-3-7-13-21)30-27(32)23-16-10-5-11-17-23/h3-17,20,24-25H,18-19H2,1-2H3,(H,29,31)(H,30,32)/t20-,24+,25-/m1/s1. The molecule has 0 aliphatic rings. The second kappa shape index (κ2) is 12.3. The topological polar surface area (TPSA) is 84.5 Å². The smallest absolute Gasteiger partial charge is 0.312 e. The highest BCUT2D eigenvalue weighted by atomic mass is 16.5. The van der Waals surface area contributed by atoms with E-state index < -0.39 is 24.0 Å². The normalized spacial score (nSPS) is 13.2. The Morgan fingerprint density at radius 1 is 0.735 bits per heavy atom. The second-order valence-electron chi connectivity index (χ2n) is 8.15. The number of amides is 2. The van der Waals surface area contributed by atoms with Gasteiger partial charge in [0, 0.05) is 23.2 Å². The molecule has 3 atom stereocenters. The van der Waals surface area contributed by atoms with E-state index in [0.717, 1.165) is 5.56 Å². The van der Waals surface area contributed by atoms with Gasteiger partial charge in [-0.25, -0.2) is 0 Å². The minimum atomic E-state index is -0.783. The monoisotopic (exact) mass is 458 g/mol.